The van der Waals surface area contributed by atoms with Crippen LogP contribution in [0.15, 0.2) is 30.3 Å². The number of benzene rings is 1. The number of rotatable bonds is 6. The first-order chi connectivity index (χ1) is 10.5. The average molecular weight is 320 g/mol. The van der Waals surface area contributed by atoms with Gasteiger partial charge in [-0.25, -0.2) is 4.39 Å². The zero-order valence-electron chi connectivity index (χ0n) is 13.1. The number of nitrogens with one attached hydrogen (secondary N) is 2. The number of aryl methyl sites for hydroxylation is 1. The van der Waals surface area contributed by atoms with Crippen LogP contribution in [0, 0.1) is 12.7 Å². The number of carbonyl (C=O) groups is 1. The highest BCUT2D eigenvalue weighted by Crippen LogP contribution is 2.31. The Kier molecular flexibility index (Phi) is 5.69. The van der Waals surface area contributed by atoms with Crippen molar-refractivity contribution < 1.29 is 9.18 Å². The Hall–Kier alpha value is -1.72. The van der Waals surface area contributed by atoms with Crippen molar-refractivity contribution in [1.82, 2.24) is 10.6 Å². The van der Waals surface area contributed by atoms with Gasteiger partial charge in [0.1, 0.15) is 5.82 Å². The molecule has 2 aromatic rings. The van der Waals surface area contributed by atoms with Gasteiger partial charge in [-0.05, 0) is 49.7 Å². The molecule has 1 aromatic heterocycles. The normalized spacial score (nSPS) is 12.2. The lowest BCUT2D eigenvalue weighted by Gasteiger charge is -2.12. The van der Waals surface area contributed by atoms with Gasteiger partial charge in [0.2, 0.25) is 0 Å². The van der Waals surface area contributed by atoms with Crippen molar-refractivity contribution in [1.29, 1.82) is 0 Å². The molecule has 0 saturated heterocycles. The summed E-state index contributed by atoms with van der Waals surface area (Å²) in [6, 6.07) is 8.46. The fourth-order valence-corrected chi connectivity index (χ4v) is 3.22. The summed E-state index contributed by atoms with van der Waals surface area (Å²) >= 11 is 1.46. The molecule has 0 saturated carbocycles. The van der Waals surface area contributed by atoms with Gasteiger partial charge in [0.15, 0.2) is 0 Å². The maximum absolute atomic E-state index is 13.0. The van der Waals surface area contributed by atoms with E-state index in [0.29, 0.717) is 11.4 Å². The van der Waals surface area contributed by atoms with Crippen LogP contribution in [0.1, 0.15) is 28.4 Å². The lowest BCUT2D eigenvalue weighted by molar-refractivity contribution is 0.0954. The maximum atomic E-state index is 13.0. The third-order valence-corrected chi connectivity index (χ3v) is 4.47. The zero-order valence-corrected chi connectivity index (χ0v) is 13.9. The summed E-state index contributed by atoms with van der Waals surface area (Å²) in [7, 11) is 0. The summed E-state index contributed by atoms with van der Waals surface area (Å²) in [4.78, 5) is 13.9. The lowest BCUT2D eigenvalue weighted by atomic mass is 10.1. The van der Waals surface area contributed by atoms with E-state index in [4.69, 9.17) is 0 Å². The predicted octanol–water partition coefficient (Wildman–Crippen LogP) is 3.59. The molecule has 22 heavy (non-hydrogen) atoms. The van der Waals surface area contributed by atoms with Crippen LogP contribution in [0.25, 0.3) is 11.1 Å². The monoisotopic (exact) mass is 320 g/mol. The van der Waals surface area contributed by atoms with E-state index in [1.165, 1.54) is 23.5 Å². The van der Waals surface area contributed by atoms with E-state index in [9.17, 15) is 9.18 Å². The molecule has 1 aromatic carbocycles. The summed E-state index contributed by atoms with van der Waals surface area (Å²) in [5, 5.41) is 6.19. The molecular weight excluding hydrogens is 299 g/mol. The van der Waals surface area contributed by atoms with Gasteiger partial charge in [-0.1, -0.05) is 19.1 Å². The zero-order chi connectivity index (χ0) is 16.1. The van der Waals surface area contributed by atoms with Crippen LogP contribution in [-0.2, 0) is 0 Å². The van der Waals surface area contributed by atoms with E-state index in [2.05, 4.69) is 10.6 Å². The second-order valence-corrected chi connectivity index (χ2v) is 6.51. The summed E-state index contributed by atoms with van der Waals surface area (Å²) in [6.45, 7) is 7.52. The minimum atomic E-state index is -0.257. The van der Waals surface area contributed by atoms with Crippen molar-refractivity contribution in [3.05, 3.63) is 45.9 Å². The minimum absolute atomic E-state index is 0.0637. The predicted molar refractivity (Wildman–Crippen MR) is 89.9 cm³/mol. The molecule has 0 bridgehead atoms. The van der Waals surface area contributed by atoms with Crippen molar-refractivity contribution in [3.63, 3.8) is 0 Å². The number of hydrogen-bond acceptors (Lipinski definition) is 3. The van der Waals surface area contributed by atoms with Crippen molar-refractivity contribution in [2.75, 3.05) is 13.1 Å². The average Bonchev–Trinajstić information content (AvgIpc) is 2.88. The number of amides is 1. The molecule has 118 valence electrons. The van der Waals surface area contributed by atoms with Crippen molar-refractivity contribution >= 4 is 17.2 Å². The number of carbonyl (C=O) groups excluding carboxylic acids is 1. The smallest absolute Gasteiger partial charge is 0.261 e. The van der Waals surface area contributed by atoms with Gasteiger partial charge >= 0.3 is 0 Å². The Labute approximate surface area is 134 Å². The number of hydrogen-bond donors (Lipinski definition) is 2. The highest BCUT2D eigenvalue weighted by Gasteiger charge is 2.14. The molecule has 2 N–H and O–H groups in total. The quantitative estimate of drug-likeness (QED) is 0.854. The van der Waals surface area contributed by atoms with E-state index >= 15 is 0 Å². The molecule has 0 aliphatic heterocycles. The topological polar surface area (TPSA) is 41.1 Å². The van der Waals surface area contributed by atoms with E-state index < -0.39 is 0 Å². The van der Waals surface area contributed by atoms with E-state index in [1.54, 1.807) is 12.1 Å². The highest BCUT2D eigenvalue weighted by molar-refractivity contribution is 7.14. The molecule has 0 aliphatic carbocycles. The largest absolute Gasteiger partial charge is 0.350 e. The molecule has 0 fully saturated rings. The standard InChI is InChI=1S/C17H21FN2OS/c1-4-19-11(2)10-20-17(21)16-9-15(12(3)22-16)13-5-7-14(18)8-6-13/h5-9,11,19H,4,10H2,1-3H3,(H,20,21)/t11-/m1/s1. The Morgan fingerprint density at radius 3 is 2.64 bits per heavy atom. The van der Waals surface area contributed by atoms with Crippen LogP contribution in [0.5, 0.6) is 0 Å². The molecule has 0 aliphatic rings. The molecule has 3 nitrogen and oxygen atoms in total. The van der Waals surface area contributed by atoms with Crippen LogP contribution in [-0.4, -0.2) is 25.0 Å². The summed E-state index contributed by atoms with van der Waals surface area (Å²) in [5.41, 5.74) is 1.91. The molecule has 1 atom stereocenters. The Morgan fingerprint density at radius 1 is 1.32 bits per heavy atom. The fourth-order valence-electron chi connectivity index (χ4n) is 2.26. The molecule has 0 radical (unpaired) electrons. The molecule has 1 amide bonds. The third-order valence-electron chi connectivity index (χ3n) is 3.42. The fraction of sp³-hybridized carbons (Fsp3) is 0.353. The van der Waals surface area contributed by atoms with Gasteiger partial charge < -0.3 is 10.6 Å². The van der Waals surface area contributed by atoms with E-state index in [-0.39, 0.29) is 17.8 Å². The maximum Gasteiger partial charge on any atom is 0.261 e. The van der Waals surface area contributed by atoms with Crippen molar-refractivity contribution in [2.24, 2.45) is 0 Å². The summed E-state index contributed by atoms with van der Waals surface area (Å²) in [6.07, 6.45) is 0. The number of halogens is 1. The van der Waals surface area contributed by atoms with Crippen LogP contribution in [0.2, 0.25) is 0 Å². The molecule has 0 unspecified atom stereocenters. The number of likely N-dealkylation sites (N-methyl/N-ethyl adjacent to an activating group) is 1. The van der Waals surface area contributed by atoms with Gasteiger partial charge in [-0.3, -0.25) is 4.79 Å². The van der Waals surface area contributed by atoms with Crippen molar-refractivity contribution in [3.8, 4) is 11.1 Å². The molecule has 1 heterocycles. The molecular formula is C17H21FN2OS. The SMILES string of the molecule is CCN[C@H](C)CNC(=O)c1cc(-c2ccc(F)cc2)c(C)s1. The van der Waals surface area contributed by atoms with Gasteiger partial charge in [0.05, 0.1) is 4.88 Å². The second-order valence-electron chi connectivity index (χ2n) is 5.26. The van der Waals surface area contributed by atoms with Crippen LogP contribution in [0.4, 0.5) is 4.39 Å². The summed E-state index contributed by atoms with van der Waals surface area (Å²) < 4.78 is 13.0. The van der Waals surface area contributed by atoms with Crippen LogP contribution < -0.4 is 10.6 Å². The van der Waals surface area contributed by atoms with Gasteiger partial charge in [0, 0.05) is 17.5 Å². The first-order valence-electron chi connectivity index (χ1n) is 7.39. The molecule has 5 heteroatoms. The van der Waals surface area contributed by atoms with Crippen LogP contribution >= 0.6 is 11.3 Å². The highest BCUT2D eigenvalue weighted by atomic mass is 32.1. The van der Waals surface area contributed by atoms with Gasteiger partial charge in [0.25, 0.3) is 5.91 Å². The van der Waals surface area contributed by atoms with Gasteiger partial charge in [-0.2, -0.15) is 0 Å². The second kappa shape index (κ2) is 7.51. The first kappa shape index (κ1) is 16.6. The Balaban J connectivity index is 2.09. The van der Waals surface area contributed by atoms with Crippen LogP contribution in [0.3, 0.4) is 0 Å². The Morgan fingerprint density at radius 2 is 2.00 bits per heavy atom. The summed E-state index contributed by atoms with van der Waals surface area (Å²) in [5.74, 6) is -0.321. The number of thiophene rings is 1. The minimum Gasteiger partial charge on any atom is -0.350 e. The first-order valence-corrected chi connectivity index (χ1v) is 8.21. The molecule has 2 rings (SSSR count). The van der Waals surface area contributed by atoms with Gasteiger partial charge in [-0.15, -0.1) is 11.3 Å². The van der Waals surface area contributed by atoms with E-state index in [1.807, 2.05) is 26.8 Å². The molecule has 0 spiro atoms. The van der Waals surface area contributed by atoms with Crippen molar-refractivity contribution in [2.45, 2.75) is 26.8 Å². The van der Waals surface area contributed by atoms with E-state index in [0.717, 1.165) is 22.5 Å². The third kappa shape index (κ3) is 4.15. The Bertz CT molecular complexity index is 637. The lowest BCUT2D eigenvalue weighted by Crippen LogP contribution is -2.38.